The number of hydrogen-bond donors (Lipinski definition) is 1. The molecule has 1 amide bonds. The third kappa shape index (κ3) is 3.75. The molecule has 0 unspecified atom stereocenters. The lowest BCUT2D eigenvalue weighted by Crippen LogP contribution is -2.11. The van der Waals surface area contributed by atoms with Crippen LogP contribution in [0.3, 0.4) is 0 Å². The van der Waals surface area contributed by atoms with Gasteiger partial charge in [-0.3, -0.25) is 10.1 Å². The summed E-state index contributed by atoms with van der Waals surface area (Å²) in [5.41, 5.74) is 1.05. The van der Waals surface area contributed by atoms with E-state index in [-0.39, 0.29) is 17.8 Å². The first-order chi connectivity index (χ1) is 12.6. The smallest absolute Gasteiger partial charge is 0.322 e. The van der Waals surface area contributed by atoms with Gasteiger partial charge < -0.3 is 18.6 Å². The highest BCUT2D eigenvalue weighted by Gasteiger charge is 2.14. The first-order valence-electron chi connectivity index (χ1n) is 7.65. The first-order valence-corrected chi connectivity index (χ1v) is 7.65. The van der Waals surface area contributed by atoms with Crippen LogP contribution in [0.1, 0.15) is 10.4 Å². The molecular weight excluding hydrogens is 338 g/mol. The van der Waals surface area contributed by atoms with Gasteiger partial charge in [-0.1, -0.05) is 5.10 Å². The van der Waals surface area contributed by atoms with Crippen molar-refractivity contribution in [3.05, 3.63) is 48.0 Å². The topological polar surface area (TPSA) is 95.7 Å². The zero-order valence-electron chi connectivity index (χ0n) is 14.5. The number of anilines is 1. The molecule has 0 aliphatic carbocycles. The van der Waals surface area contributed by atoms with Crippen LogP contribution in [0.15, 0.2) is 46.9 Å². The number of nitrogens with one attached hydrogen (secondary N) is 1. The highest BCUT2D eigenvalue weighted by molar-refractivity contribution is 6.03. The molecule has 0 aliphatic rings. The van der Waals surface area contributed by atoms with E-state index in [2.05, 4.69) is 15.5 Å². The lowest BCUT2D eigenvalue weighted by atomic mass is 10.2. The molecule has 1 aromatic heterocycles. The molecular formula is C18H17N3O5. The number of hydrogen-bond acceptors (Lipinski definition) is 7. The van der Waals surface area contributed by atoms with Gasteiger partial charge in [0, 0.05) is 17.2 Å². The second kappa shape index (κ2) is 7.56. The van der Waals surface area contributed by atoms with Gasteiger partial charge in [0.2, 0.25) is 5.89 Å². The predicted molar refractivity (Wildman–Crippen MR) is 93.8 cm³/mol. The van der Waals surface area contributed by atoms with Gasteiger partial charge in [-0.2, -0.15) is 0 Å². The van der Waals surface area contributed by atoms with Crippen molar-refractivity contribution < 1.29 is 23.4 Å². The van der Waals surface area contributed by atoms with Crippen LogP contribution in [0.4, 0.5) is 6.01 Å². The fourth-order valence-corrected chi connectivity index (χ4v) is 2.23. The summed E-state index contributed by atoms with van der Waals surface area (Å²) in [6.07, 6.45) is 0. The van der Waals surface area contributed by atoms with Crippen molar-refractivity contribution in [1.29, 1.82) is 0 Å². The highest BCUT2D eigenvalue weighted by atomic mass is 16.5. The number of methoxy groups -OCH3 is 3. The van der Waals surface area contributed by atoms with E-state index in [0.717, 1.165) is 0 Å². The van der Waals surface area contributed by atoms with E-state index in [1.165, 1.54) is 0 Å². The maximum absolute atomic E-state index is 12.2. The van der Waals surface area contributed by atoms with Crippen LogP contribution in [-0.4, -0.2) is 37.4 Å². The minimum Gasteiger partial charge on any atom is -0.497 e. The fourth-order valence-electron chi connectivity index (χ4n) is 2.23. The van der Waals surface area contributed by atoms with E-state index >= 15 is 0 Å². The summed E-state index contributed by atoms with van der Waals surface area (Å²) in [6.45, 7) is 0. The predicted octanol–water partition coefficient (Wildman–Crippen LogP) is 3.01. The Morgan fingerprint density at radius 3 is 2.08 bits per heavy atom. The maximum Gasteiger partial charge on any atom is 0.322 e. The zero-order valence-corrected chi connectivity index (χ0v) is 14.5. The van der Waals surface area contributed by atoms with Gasteiger partial charge in [-0.25, -0.2) is 0 Å². The second-order valence-electron chi connectivity index (χ2n) is 5.20. The van der Waals surface area contributed by atoms with E-state index in [9.17, 15) is 4.79 Å². The Kier molecular flexibility index (Phi) is 5.02. The van der Waals surface area contributed by atoms with Gasteiger partial charge in [-0.05, 0) is 36.4 Å². The average Bonchev–Trinajstić information content (AvgIpc) is 3.16. The van der Waals surface area contributed by atoms with Crippen molar-refractivity contribution >= 4 is 11.9 Å². The number of carbonyl (C=O) groups is 1. The lowest BCUT2D eigenvalue weighted by molar-refractivity contribution is 0.102. The second-order valence-corrected chi connectivity index (χ2v) is 5.20. The van der Waals surface area contributed by atoms with E-state index in [1.54, 1.807) is 63.8 Å². The number of nitrogens with zero attached hydrogens (tertiary/aromatic N) is 2. The van der Waals surface area contributed by atoms with Gasteiger partial charge in [0.05, 0.1) is 21.3 Å². The third-order valence-electron chi connectivity index (χ3n) is 3.60. The van der Waals surface area contributed by atoms with Crippen LogP contribution in [0, 0.1) is 0 Å². The SMILES string of the molecule is COc1ccc(C(=O)Nc2nnc(-c3cc(OC)cc(OC)c3)o2)cc1. The van der Waals surface area contributed by atoms with Crippen LogP contribution < -0.4 is 19.5 Å². The summed E-state index contributed by atoms with van der Waals surface area (Å²) >= 11 is 0. The standard InChI is InChI=1S/C18H17N3O5/c1-23-13-6-4-11(5-7-13)16(22)19-18-21-20-17(26-18)12-8-14(24-2)10-15(9-12)25-3/h4-10H,1-3H3,(H,19,21,22). The average molecular weight is 355 g/mol. The summed E-state index contributed by atoms with van der Waals surface area (Å²) in [5, 5.41) is 10.4. The lowest BCUT2D eigenvalue weighted by Gasteiger charge is -2.05. The summed E-state index contributed by atoms with van der Waals surface area (Å²) < 4.78 is 21.0. The summed E-state index contributed by atoms with van der Waals surface area (Å²) in [7, 11) is 4.66. The molecule has 3 rings (SSSR count). The van der Waals surface area contributed by atoms with Crippen LogP contribution in [0.25, 0.3) is 11.5 Å². The van der Waals surface area contributed by atoms with Crippen LogP contribution >= 0.6 is 0 Å². The van der Waals surface area contributed by atoms with Crippen molar-refractivity contribution in [3.8, 4) is 28.7 Å². The Hall–Kier alpha value is -3.55. The molecule has 1 N–H and O–H groups in total. The molecule has 1 heterocycles. The van der Waals surface area contributed by atoms with Crippen molar-refractivity contribution in [2.24, 2.45) is 0 Å². The number of aromatic nitrogens is 2. The fraction of sp³-hybridized carbons (Fsp3) is 0.167. The van der Waals surface area contributed by atoms with E-state index < -0.39 is 0 Å². The van der Waals surface area contributed by atoms with Gasteiger partial charge in [0.15, 0.2) is 0 Å². The molecule has 134 valence electrons. The summed E-state index contributed by atoms with van der Waals surface area (Å²) in [4.78, 5) is 12.2. The Morgan fingerprint density at radius 1 is 0.885 bits per heavy atom. The molecule has 0 atom stereocenters. The Bertz CT molecular complexity index is 883. The molecule has 0 aliphatic heterocycles. The Morgan fingerprint density at radius 2 is 1.50 bits per heavy atom. The molecule has 8 nitrogen and oxygen atoms in total. The number of rotatable bonds is 6. The largest absolute Gasteiger partial charge is 0.497 e. The van der Waals surface area contributed by atoms with Gasteiger partial charge in [-0.15, -0.1) is 5.10 Å². The van der Waals surface area contributed by atoms with E-state index in [1.807, 2.05) is 0 Å². The molecule has 0 saturated carbocycles. The zero-order chi connectivity index (χ0) is 18.5. The minimum absolute atomic E-state index is 0.0115. The van der Waals surface area contributed by atoms with Gasteiger partial charge in [0.25, 0.3) is 5.91 Å². The Balaban J connectivity index is 1.78. The van der Waals surface area contributed by atoms with E-state index in [4.69, 9.17) is 18.6 Å². The third-order valence-corrected chi connectivity index (χ3v) is 3.60. The Labute approximate surface area is 149 Å². The highest BCUT2D eigenvalue weighted by Crippen LogP contribution is 2.29. The molecule has 0 fully saturated rings. The summed E-state index contributed by atoms with van der Waals surface area (Å²) in [5.74, 6) is 1.69. The minimum atomic E-state index is -0.369. The van der Waals surface area contributed by atoms with Crippen molar-refractivity contribution in [2.75, 3.05) is 26.6 Å². The number of benzene rings is 2. The van der Waals surface area contributed by atoms with Crippen molar-refractivity contribution in [2.45, 2.75) is 0 Å². The normalized spacial score (nSPS) is 10.3. The molecule has 0 bridgehead atoms. The molecule has 26 heavy (non-hydrogen) atoms. The van der Waals surface area contributed by atoms with Crippen molar-refractivity contribution in [1.82, 2.24) is 10.2 Å². The first kappa shape index (κ1) is 17.3. The van der Waals surface area contributed by atoms with Crippen LogP contribution in [-0.2, 0) is 0 Å². The number of carbonyl (C=O) groups excluding carboxylic acids is 1. The quantitative estimate of drug-likeness (QED) is 0.726. The monoisotopic (exact) mass is 355 g/mol. The van der Waals surface area contributed by atoms with E-state index in [0.29, 0.717) is 28.4 Å². The maximum atomic E-state index is 12.2. The van der Waals surface area contributed by atoms with Crippen LogP contribution in [0.2, 0.25) is 0 Å². The molecule has 8 heteroatoms. The molecule has 0 radical (unpaired) electrons. The number of amides is 1. The summed E-state index contributed by atoms with van der Waals surface area (Å²) in [6, 6.07) is 11.8. The molecule has 0 spiro atoms. The molecule has 3 aromatic rings. The molecule has 0 saturated heterocycles. The van der Waals surface area contributed by atoms with Crippen LogP contribution in [0.5, 0.6) is 17.2 Å². The number of ether oxygens (including phenoxy) is 3. The molecule has 2 aromatic carbocycles. The van der Waals surface area contributed by atoms with Gasteiger partial charge in [0.1, 0.15) is 17.2 Å². The van der Waals surface area contributed by atoms with Gasteiger partial charge >= 0.3 is 6.01 Å². The van der Waals surface area contributed by atoms with Crippen molar-refractivity contribution in [3.63, 3.8) is 0 Å².